The largest absolute Gasteiger partial charge is 0.497 e. The van der Waals surface area contributed by atoms with Gasteiger partial charge in [-0.2, -0.15) is 0 Å². The molecule has 0 fully saturated rings. The van der Waals surface area contributed by atoms with E-state index in [9.17, 15) is 9.59 Å². The lowest BCUT2D eigenvalue weighted by Crippen LogP contribution is -2.15. The topological polar surface area (TPSA) is 102 Å². The Hall–Kier alpha value is -3.94. The Morgan fingerprint density at radius 2 is 1.69 bits per heavy atom. The number of anilines is 3. The van der Waals surface area contributed by atoms with E-state index in [1.165, 1.54) is 7.11 Å². The summed E-state index contributed by atoms with van der Waals surface area (Å²) in [5.74, 6) is 0.799. The first-order valence-corrected chi connectivity index (χ1v) is 8.75. The number of benzene rings is 2. The summed E-state index contributed by atoms with van der Waals surface area (Å²) < 4.78 is 9.87. The van der Waals surface area contributed by atoms with Gasteiger partial charge in [0, 0.05) is 23.5 Å². The molecule has 3 rings (SSSR count). The van der Waals surface area contributed by atoms with E-state index in [1.807, 2.05) is 24.3 Å². The van der Waals surface area contributed by atoms with E-state index >= 15 is 0 Å². The van der Waals surface area contributed by atoms with E-state index in [-0.39, 0.29) is 5.69 Å². The summed E-state index contributed by atoms with van der Waals surface area (Å²) in [6.07, 6.45) is 0. The molecule has 2 N–H and O–H groups in total. The third-order valence-corrected chi connectivity index (χ3v) is 3.98. The predicted octanol–water partition coefficient (Wildman–Crippen LogP) is 3.58. The maximum atomic E-state index is 12.6. The van der Waals surface area contributed by atoms with Gasteiger partial charge < -0.3 is 20.1 Å². The van der Waals surface area contributed by atoms with Gasteiger partial charge in [0.05, 0.1) is 19.8 Å². The SMILES string of the molecule is COC(=O)c1ccc(NC(=O)c2cc(Nc3cccc(OC)c3)nc(C)n2)cc1. The predicted molar refractivity (Wildman–Crippen MR) is 109 cm³/mol. The first kappa shape index (κ1) is 19.8. The molecule has 1 aromatic heterocycles. The summed E-state index contributed by atoms with van der Waals surface area (Å²) in [6.45, 7) is 1.71. The van der Waals surface area contributed by atoms with Gasteiger partial charge in [0.1, 0.15) is 23.1 Å². The van der Waals surface area contributed by atoms with Gasteiger partial charge in [-0.1, -0.05) is 6.07 Å². The van der Waals surface area contributed by atoms with Crippen molar-refractivity contribution in [1.29, 1.82) is 0 Å². The lowest BCUT2D eigenvalue weighted by atomic mass is 10.2. The molecule has 8 heteroatoms. The molecule has 0 saturated carbocycles. The van der Waals surface area contributed by atoms with E-state index in [0.29, 0.717) is 28.6 Å². The zero-order chi connectivity index (χ0) is 20.8. The summed E-state index contributed by atoms with van der Waals surface area (Å²) in [6, 6.07) is 15.3. The highest BCUT2D eigenvalue weighted by Crippen LogP contribution is 2.21. The molecule has 0 spiro atoms. The molecule has 0 saturated heterocycles. The molecule has 8 nitrogen and oxygen atoms in total. The molecule has 1 heterocycles. The molecule has 29 heavy (non-hydrogen) atoms. The Kier molecular flexibility index (Phi) is 6.03. The Bertz CT molecular complexity index is 1040. The number of nitrogens with one attached hydrogen (secondary N) is 2. The second kappa shape index (κ2) is 8.83. The smallest absolute Gasteiger partial charge is 0.337 e. The van der Waals surface area contributed by atoms with E-state index < -0.39 is 11.9 Å². The number of hydrogen-bond donors (Lipinski definition) is 2. The summed E-state index contributed by atoms with van der Waals surface area (Å²) >= 11 is 0. The number of amides is 1. The fourth-order valence-electron chi connectivity index (χ4n) is 2.60. The molecule has 0 aliphatic heterocycles. The number of carbonyl (C=O) groups is 2. The van der Waals surface area contributed by atoms with Crippen LogP contribution in [-0.4, -0.2) is 36.1 Å². The minimum Gasteiger partial charge on any atom is -0.497 e. The van der Waals surface area contributed by atoms with Gasteiger partial charge in [-0.15, -0.1) is 0 Å². The van der Waals surface area contributed by atoms with Gasteiger partial charge in [-0.25, -0.2) is 14.8 Å². The van der Waals surface area contributed by atoms with E-state index in [4.69, 9.17) is 4.74 Å². The number of esters is 1. The summed E-state index contributed by atoms with van der Waals surface area (Å²) in [4.78, 5) is 32.6. The van der Waals surface area contributed by atoms with Crippen molar-refractivity contribution < 1.29 is 19.1 Å². The first-order chi connectivity index (χ1) is 14.0. The van der Waals surface area contributed by atoms with Crippen LogP contribution in [0.1, 0.15) is 26.7 Å². The van der Waals surface area contributed by atoms with Gasteiger partial charge in [-0.3, -0.25) is 4.79 Å². The number of methoxy groups -OCH3 is 2. The minimum absolute atomic E-state index is 0.208. The second-order valence-electron chi connectivity index (χ2n) is 6.07. The van der Waals surface area contributed by atoms with Crippen molar-refractivity contribution in [2.45, 2.75) is 6.92 Å². The van der Waals surface area contributed by atoms with Gasteiger partial charge in [0.15, 0.2) is 0 Å². The van der Waals surface area contributed by atoms with Crippen LogP contribution in [0, 0.1) is 6.92 Å². The Morgan fingerprint density at radius 1 is 0.931 bits per heavy atom. The van der Waals surface area contributed by atoms with Crippen LogP contribution in [-0.2, 0) is 4.74 Å². The number of ether oxygens (including phenoxy) is 2. The molecule has 0 unspecified atom stereocenters. The minimum atomic E-state index is -0.442. The lowest BCUT2D eigenvalue weighted by molar-refractivity contribution is 0.0600. The number of rotatable bonds is 6. The van der Waals surface area contributed by atoms with Crippen molar-refractivity contribution in [3.63, 3.8) is 0 Å². The lowest BCUT2D eigenvalue weighted by Gasteiger charge is -2.10. The van der Waals surface area contributed by atoms with Crippen LogP contribution >= 0.6 is 0 Å². The van der Waals surface area contributed by atoms with Crippen molar-refractivity contribution in [2.75, 3.05) is 24.9 Å². The van der Waals surface area contributed by atoms with Crippen molar-refractivity contribution in [3.05, 3.63) is 71.7 Å². The van der Waals surface area contributed by atoms with Crippen molar-refractivity contribution >= 4 is 29.1 Å². The van der Waals surface area contributed by atoms with Crippen LogP contribution in [0.15, 0.2) is 54.6 Å². The van der Waals surface area contributed by atoms with Gasteiger partial charge in [-0.05, 0) is 43.3 Å². The van der Waals surface area contributed by atoms with Crippen LogP contribution < -0.4 is 15.4 Å². The van der Waals surface area contributed by atoms with Crippen LogP contribution in [0.3, 0.4) is 0 Å². The van der Waals surface area contributed by atoms with Crippen LogP contribution in [0.25, 0.3) is 0 Å². The number of nitrogens with zero attached hydrogens (tertiary/aromatic N) is 2. The number of carbonyl (C=O) groups excluding carboxylic acids is 2. The maximum Gasteiger partial charge on any atom is 0.337 e. The van der Waals surface area contributed by atoms with Crippen LogP contribution in [0.4, 0.5) is 17.2 Å². The van der Waals surface area contributed by atoms with Gasteiger partial charge >= 0.3 is 5.97 Å². The van der Waals surface area contributed by atoms with E-state index in [1.54, 1.807) is 44.4 Å². The number of aromatic nitrogens is 2. The van der Waals surface area contributed by atoms with Crippen molar-refractivity contribution in [2.24, 2.45) is 0 Å². The zero-order valence-electron chi connectivity index (χ0n) is 16.2. The Morgan fingerprint density at radius 3 is 2.38 bits per heavy atom. The van der Waals surface area contributed by atoms with E-state index in [0.717, 1.165) is 5.69 Å². The van der Waals surface area contributed by atoms with Crippen LogP contribution in [0.2, 0.25) is 0 Å². The van der Waals surface area contributed by atoms with Crippen LogP contribution in [0.5, 0.6) is 5.75 Å². The fourth-order valence-corrected chi connectivity index (χ4v) is 2.60. The summed E-state index contributed by atoms with van der Waals surface area (Å²) in [5.41, 5.74) is 1.90. The standard InChI is InChI=1S/C21H20N4O4/c1-13-22-18(12-19(23-13)24-16-5-4-6-17(11-16)28-2)20(26)25-15-9-7-14(8-10-15)21(27)29-3/h4-12H,1-3H3,(H,25,26)(H,22,23,24). The summed E-state index contributed by atoms with van der Waals surface area (Å²) in [7, 11) is 2.90. The maximum absolute atomic E-state index is 12.6. The highest BCUT2D eigenvalue weighted by molar-refractivity contribution is 6.03. The summed E-state index contributed by atoms with van der Waals surface area (Å²) in [5, 5.41) is 5.89. The number of aryl methyl sites for hydroxylation is 1. The molecular formula is C21H20N4O4. The second-order valence-corrected chi connectivity index (χ2v) is 6.07. The van der Waals surface area contributed by atoms with Crippen molar-refractivity contribution in [1.82, 2.24) is 9.97 Å². The monoisotopic (exact) mass is 392 g/mol. The molecule has 3 aromatic rings. The van der Waals surface area contributed by atoms with Gasteiger partial charge in [0.2, 0.25) is 0 Å². The molecule has 1 amide bonds. The third kappa shape index (κ3) is 5.07. The molecule has 148 valence electrons. The third-order valence-electron chi connectivity index (χ3n) is 3.98. The normalized spacial score (nSPS) is 10.2. The zero-order valence-corrected chi connectivity index (χ0v) is 16.2. The Balaban J connectivity index is 1.76. The first-order valence-electron chi connectivity index (χ1n) is 8.75. The highest BCUT2D eigenvalue weighted by Gasteiger charge is 2.12. The molecule has 0 atom stereocenters. The molecular weight excluding hydrogens is 372 g/mol. The molecule has 0 aliphatic rings. The van der Waals surface area contributed by atoms with Gasteiger partial charge in [0.25, 0.3) is 5.91 Å². The average Bonchev–Trinajstić information content (AvgIpc) is 2.73. The molecule has 0 radical (unpaired) electrons. The molecule has 2 aromatic carbocycles. The molecule has 0 bridgehead atoms. The van der Waals surface area contributed by atoms with Crippen molar-refractivity contribution in [3.8, 4) is 5.75 Å². The average molecular weight is 392 g/mol. The fraction of sp³-hybridized carbons (Fsp3) is 0.143. The number of hydrogen-bond acceptors (Lipinski definition) is 7. The highest BCUT2D eigenvalue weighted by atomic mass is 16.5. The Labute approximate surface area is 167 Å². The van der Waals surface area contributed by atoms with E-state index in [2.05, 4.69) is 25.3 Å². The molecule has 0 aliphatic carbocycles. The quantitative estimate of drug-likeness (QED) is 0.618.